The van der Waals surface area contributed by atoms with E-state index in [9.17, 15) is 10.1 Å². The molecule has 0 spiro atoms. The number of nitrogens with zero attached hydrogens (tertiary/aromatic N) is 2. The van der Waals surface area contributed by atoms with Gasteiger partial charge in [-0.2, -0.15) is 5.26 Å². The van der Waals surface area contributed by atoms with Crippen molar-refractivity contribution in [3.63, 3.8) is 0 Å². The predicted octanol–water partition coefficient (Wildman–Crippen LogP) is 3.31. The first kappa shape index (κ1) is 13.3. The van der Waals surface area contributed by atoms with E-state index >= 15 is 0 Å². The molecule has 1 fully saturated rings. The third-order valence-electron chi connectivity index (χ3n) is 4.09. The summed E-state index contributed by atoms with van der Waals surface area (Å²) in [4.78, 5) is 10.6. The molecule has 2 rings (SSSR count). The second kappa shape index (κ2) is 4.88. The first-order chi connectivity index (χ1) is 9.00. The van der Waals surface area contributed by atoms with Crippen molar-refractivity contribution in [2.24, 2.45) is 11.3 Å². The Morgan fingerprint density at radius 1 is 1.53 bits per heavy atom. The maximum Gasteiger partial charge on any atom is 0.309 e. The lowest BCUT2D eigenvalue weighted by Gasteiger charge is -2.20. The molecule has 1 aliphatic carbocycles. The van der Waals surface area contributed by atoms with Crippen molar-refractivity contribution in [1.82, 2.24) is 0 Å². The fraction of sp³-hybridized carbons (Fsp3) is 0.500. The molecule has 0 heterocycles. The maximum atomic E-state index is 11.1. The topological polar surface area (TPSA) is 79.0 Å². The molecule has 0 radical (unpaired) electrons. The Kier molecular flexibility index (Phi) is 3.43. The van der Waals surface area contributed by atoms with E-state index in [1.54, 1.807) is 12.1 Å². The van der Waals surface area contributed by atoms with Gasteiger partial charge in [0.25, 0.3) is 0 Å². The molecule has 0 aliphatic heterocycles. The molecular formula is C14H17N3O2. The Balaban J connectivity index is 2.22. The van der Waals surface area contributed by atoms with Crippen molar-refractivity contribution < 1.29 is 4.92 Å². The van der Waals surface area contributed by atoms with E-state index in [-0.39, 0.29) is 16.7 Å². The molecule has 19 heavy (non-hydrogen) atoms. The quantitative estimate of drug-likeness (QED) is 0.649. The van der Waals surface area contributed by atoms with Crippen LogP contribution in [0.15, 0.2) is 18.2 Å². The molecule has 0 amide bonds. The van der Waals surface area contributed by atoms with Crippen molar-refractivity contribution in [3.8, 4) is 6.07 Å². The molecule has 1 N–H and O–H groups in total. The fourth-order valence-corrected chi connectivity index (χ4v) is 2.36. The van der Waals surface area contributed by atoms with Crippen molar-refractivity contribution in [2.75, 3.05) is 11.9 Å². The van der Waals surface area contributed by atoms with Gasteiger partial charge in [-0.05, 0) is 36.3 Å². The van der Waals surface area contributed by atoms with Crippen LogP contribution in [-0.2, 0) is 0 Å². The first-order valence-electron chi connectivity index (χ1n) is 6.41. The fourth-order valence-electron chi connectivity index (χ4n) is 2.36. The second-order valence-electron chi connectivity index (χ2n) is 5.44. The Bertz CT molecular complexity index is 542. The number of hydrogen-bond donors (Lipinski definition) is 1. The summed E-state index contributed by atoms with van der Waals surface area (Å²) in [6.07, 6.45) is 2.31. The molecule has 0 bridgehead atoms. The average Bonchev–Trinajstić information content (AvgIpc) is 3.16. The molecular weight excluding hydrogens is 242 g/mol. The number of benzene rings is 1. The van der Waals surface area contributed by atoms with Gasteiger partial charge in [0, 0.05) is 6.54 Å². The number of nitro benzene ring substituents is 1. The average molecular weight is 259 g/mol. The maximum absolute atomic E-state index is 11.1. The molecule has 5 heteroatoms. The van der Waals surface area contributed by atoms with Gasteiger partial charge < -0.3 is 5.32 Å². The Hall–Kier alpha value is -2.09. The second-order valence-corrected chi connectivity index (χ2v) is 5.44. The van der Waals surface area contributed by atoms with Gasteiger partial charge in [-0.3, -0.25) is 10.1 Å². The summed E-state index contributed by atoms with van der Waals surface area (Å²) in [6, 6.07) is 6.67. The van der Waals surface area contributed by atoms with Crippen LogP contribution in [0.2, 0.25) is 0 Å². The van der Waals surface area contributed by atoms with E-state index in [0.29, 0.717) is 11.6 Å². The van der Waals surface area contributed by atoms with Crippen molar-refractivity contribution in [3.05, 3.63) is 33.9 Å². The Labute approximate surface area is 112 Å². The van der Waals surface area contributed by atoms with Gasteiger partial charge in [-0.1, -0.05) is 19.9 Å². The van der Waals surface area contributed by atoms with Crippen molar-refractivity contribution in [1.29, 1.82) is 5.26 Å². The van der Waals surface area contributed by atoms with E-state index in [0.717, 1.165) is 19.4 Å². The standard InChI is InChI=1S/C14H17N3O2/c1-10(2)14(6-7-14)9-16-12-5-3-4-11(8-15)13(12)17(18)19/h3-5,10,16H,6-7,9H2,1-2H3. The molecule has 0 saturated heterocycles. The highest BCUT2D eigenvalue weighted by atomic mass is 16.6. The molecule has 0 aromatic heterocycles. The highest BCUT2D eigenvalue weighted by molar-refractivity contribution is 5.68. The molecule has 100 valence electrons. The van der Waals surface area contributed by atoms with E-state index in [4.69, 9.17) is 5.26 Å². The van der Waals surface area contributed by atoms with Crippen LogP contribution in [0.5, 0.6) is 0 Å². The zero-order chi connectivity index (χ0) is 14.0. The summed E-state index contributed by atoms with van der Waals surface area (Å²) in [5, 5.41) is 23.2. The Morgan fingerprint density at radius 2 is 2.21 bits per heavy atom. The van der Waals surface area contributed by atoms with Gasteiger partial charge in [0.2, 0.25) is 0 Å². The third kappa shape index (κ3) is 2.53. The van der Waals surface area contributed by atoms with Crippen LogP contribution >= 0.6 is 0 Å². The monoisotopic (exact) mass is 259 g/mol. The zero-order valence-electron chi connectivity index (χ0n) is 11.1. The third-order valence-corrected chi connectivity index (χ3v) is 4.09. The van der Waals surface area contributed by atoms with Gasteiger partial charge in [0.05, 0.1) is 4.92 Å². The largest absolute Gasteiger partial charge is 0.379 e. The van der Waals surface area contributed by atoms with E-state index in [1.165, 1.54) is 6.07 Å². The van der Waals surface area contributed by atoms with E-state index in [1.807, 2.05) is 6.07 Å². The van der Waals surface area contributed by atoms with E-state index in [2.05, 4.69) is 19.2 Å². The number of nitrogens with one attached hydrogen (secondary N) is 1. The number of nitro groups is 1. The van der Waals surface area contributed by atoms with Gasteiger partial charge in [-0.15, -0.1) is 0 Å². The van der Waals surface area contributed by atoms with Gasteiger partial charge in [0.1, 0.15) is 17.3 Å². The lowest BCUT2D eigenvalue weighted by Crippen LogP contribution is -2.21. The minimum atomic E-state index is -0.490. The molecule has 1 saturated carbocycles. The highest BCUT2D eigenvalue weighted by Crippen LogP contribution is 2.52. The van der Waals surface area contributed by atoms with Crippen LogP contribution in [0.1, 0.15) is 32.3 Å². The van der Waals surface area contributed by atoms with Crippen LogP contribution in [0, 0.1) is 32.8 Å². The number of anilines is 1. The number of rotatable bonds is 5. The van der Waals surface area contributed by atoms with Gasteiger partial charge >= 0.3 is 5.69 Å². The lowest BCUT2D eigenvalue weighted by molar-refractivity contribution is -0.384. The van der Waals surface area contributed by atoms with Gasteiger partial charge in [0.15, 0.2) is 0 Å². The summed E-state index contributed by atoms with van der Waals surface area (Å²) >= 11 is 0. The normalized spacial score (nSPS) is 15.9. The molecule has 0 atom stereocenters. The molecule has 5 nitrogen and oxygen atoms in total. The Morgan fingerprint density at radius 3 is 2.68 bits per heavy atom. The summed E-state index contributed by atoms with van der Waals surface area (Å²) in [6.45, 7) is 5.07. The number of para-hydroxylation sites is 1. The van der Waals surface area contributed by atoms with E-state index < -0.39 is 4.92 Å². The van der Waals surface area contributed by atoms with Gasteiger partial charge in [-0.25, -0.2) is 0 Å². The lowest BCUT2D eigenvalue weighted by atomic mass is 9.92. The van der Waals surface area contributed by atoms with Crippen molar-refractivity contribution in [2.45, 2.75) is 26.7 Å². The summed E-state index contributed by atoms with van der Waals surface area (Å²) in [5.41, 5.74) is 0.682. The SMILES string of the molecule is CC(C)C1(CNc2cccc(C#N)c2[N+](=O)[O-])CC1. The number of hydrogen-bond acceptors (Lipinski definition) is 4. The van der Waals surface area contributed by atoms with Crippen LogP contribution in [0.25, 0.3) is 0 Å². The predicted molar refractivity (Wildman–Crippen MR) is 72.8 cm³/mol. The summed E-state index contributed by atoms with van der Waals surface area (Å²) in [7, 11) is 0. The highest BCUT2D eigenvalue weighted by Gasteiger charge is 2.45. The smallest absolute Gasteiger partial charge is 0.309 e. The summed E-state index contributed by atoms with van der Waals surface area (Å²) in [5.74, 6) is 0.554. The van der Waals surface area contributed by atoms with Crippen LogP contribution in [0.3, 0.4) is 0 Å². The van der Waals surface area contributed by atoms with Crippen LogP contribution in [0.4, 0.5) is 11.4 Å². The minimum absolute atomic E-state index is 0.101. The van der Waals surface area contributed by atoms with Crippen LogP contribution < -0.4 is 5.32 Å². The molecule has 1 aromatic rings. The molecule has 0 unspecified atom stereocenters. The first-order valence-corrected chi connectivity index (χ1v) is 6.41. The summed E-state index contributed by atoms with van der Waals surface area (Å²) < 4.78 is 0. The number of nitriles is 1. The van der Waals surface area contributed by atoms with Crippen molar-refractivity contribution >= 4 is 11.4 Å². The molecule has 1 aliphatic rings. The minimum Gasteiger partial charge on any atom is -0.379 e. The van der Waals surface area contributed by atoms with Crippen LogP contribution in [-0.4, -0.2) is 11.5 Å². The zero-order valence-corrected chi connectivity index (χ0v) is 11.1. The molecule has 1 aromatic carbocycles.